The molecule has 0 radical (unpaired) electrons. The molecule has 1 N–H and O–H groups in total. The zero-order valence-corrected chi connectivity index (χ0v) is 14.8. The van der Waals surface area contributed by atoms with E-state index in [1.807, 2.05) is 0 Å². The standard InChI is InChI=1S/C18H32O3S/c1-2-3-4-5-6-7-8-9-10-11-12-17-13-15-18(16-14-17)22-21-20-19/h13,15,19H,2-12,14,16H2,1H3. The molecule has 0 unspecified atom stereocenters. The summed E-state index contributed by atoms with van der Waals surface area (Å²) in [6.45, 7) is 2.27. The molecule has 0 spiro atoms. The van der Waals surface area contributed by atoms with Crippen molar-refractivity contribution in [1.82, 2.24) is 0 Å². The van der Waals surface area contributed by atoms with Gasteiger partial charge < -0.3 is 0 Å². The van der Waals surface area contributed by atoms with Crippen molar-refractivity contribution in [3.63, 3.8) is 0 Å². The predicted molar refractivity (Wildman–Crippen MR) is 94.3 cm³/mol. The van der Waals surface area contributed by atoms with Gasteiger partial charge in [0, 0.05) is 4.91 Å². The largest absolute Gasteiger partial charge is 0.220 e. The van der Waals surface area contributed by atoms with Crippen LogP contribution in [0.25, 0.3) is 0 Å². The number of allylic oxidation sites excluding steroid dienone is 4. The summed E-state index contributed by atoms with van der Waals surface area (Å²) >= 11 is 1.09. The number of rotatable bonds is 14. The Morgan fingerprint density at radius 1 is 0.909 bits per heavy atom. The number of hydrogen-bond donors (Lipinski definition) is 1. The quantitative estimate of drug-likeness (QED) is 0.162. The summed E-state index contributed by atoms with van der Waals surface area (Å²) in [7, 11) is 0. The first-order valence-electron chi connectivity index (χ1n) is 8.90. The minimum absolute atomic E-state index is 0.984. The highest BCUT2D eigenvalue weighted by molar-refractivity contribution is 7.98. The average molecular weight is 329 g/mol. The van der Waals surface area contributed by atoms with E-state index in [0.717, 1.165) is 29.8 Å². The van der Waals surface area contributed by atoms with Gasteiger partial charge in [-0.05, 0) is 25.7 Å². The Morgan fingerprint density at radius 2 is 1.55 bits per heavy atom. The number of hydrogen-bond acceptors (Lipinski definition) is 4. The fourth-order valence-electron chi connectivity index (χ4n) is 2.84. The van der Waals surface area contributed by atoms with Crippen LogP contribution in [0.2, 0.25) is 0 Å². The molecule has 0 aromatic rings. The summed E-state index contributed by atoms with van der Waals surface area (Å²) in [5.41, 5.74) is 1.54. The van der Waals surface area contributed by atoms with Crippen molar-refractivity contribution in [1.29, 1.82) is 0 Å². The molecule has 1 rings (SSSR count). The molecule has 3 nitrogen and oxygen atoms in total. The maximum Gasteiger partial charge on any atom is 0.0669 e. The van der Waals surface area contributed by atoms with Gasteiger partial charge in [-0.15, -0.1) is 4.33 Å². The predicted octanol–water partition coefficient (Wildman–Crippen LogP) is 6.97. The van der Waals surface area contributed by atoms with E-state index in [9.17, 15) is 0 Å². The molecule has 0 fully saturated rings. The Labute approximate surface area is 140 Å². The molecule has 1 aliphatic rings. The Hall–Kier alpha value is -0.290. The third kappa shape index (κ3) is 10.4. The summed E-state index contributed by atoms with van der Waals surface area (Å²) < 4.78 is 4.45. The molecular weight excluding hydrogens is 296 g/mol. The van der Waals surface area contributed by atoms with Crippen LogP contribution in [0.3, 0.4) is 0 Å². The highest BCUT2D eigenvalue weighted by atomic mass is 32.2. The molecule has 0 saturated heterocycles. The van der Waals surface area contributed by atoms with E-state index < -0.39 is 0 Å². The summed E-state index contributed by atoms with van der Waals surface area (Å²) in [5, 5.41) is 11.7. The van der Waals surface area contributed by atoms with Crippen molar-refractivity contribution in [2.75, 3.05) is 0 Å². The van der Waals surface area contributed by atoms with Crippen molar-refractivity contribution >= 4 is 12.0 Å². The molecule has 0 atom stereocenters. The van der Waals surface area contributed by atoms with Crippen molar-refractivity contribution in [2.24, 2.45) is 0 Å². The van der Waals surface area contributed by atoms with E-state index in [1.165, 1.54) is 76.2 Å². The van der Waals surface area contributed by atoms with Gasteiger partial charge in [-0.1, -0.05) is 87.5 Å². The van der Waals surface area contributed by atoms with Crippen molar-refractivity contribution in [2.45, 2.75) is 90.4 Å². The van der Waals surface area contributed by atoms with Crippen LogP contribution in [0.15, 0.2) is 22.6 Å². The van der Waals surface area contributed by atoms with Gasteiger partial charge in [-0.3, -0.25) is 0 Å². The van der Waals surface area contributed by atoms with Crippen LogP contribution in [0.5, 0.6) is 0 Å². The van der Waals surface area contributed by atoms with Gasteiger partial charge in [0.1, 0.15) is 0 Å². The van der Waals surface area contributed by atoms with Crippen LogP contribution in [0, 0.1) is 0 Å². The zero-order chi connectivity index (χ0) is 15.9. The minimum atomic E-state index is 0.984. The zero-order valence-electron chi connectivity index (χ0n) is 14.0. The Kier molecular flexibility index (Phi) is 12.9. The molecule has 0 amide bonds. The van der Waals surface area contributed by atoms with Crippen molar-refractivity contribution in [3.05, 3.63) is 22.6 Å². The van der Waals surface area contributed by atoms with E-state index in [-0.39, 0.29) is 0 Å². The second-order valence-corrected chi connectivity index (χ2v) is 6.94. The van der Waals surface area contributed by atoms with Gasteiger partial charge in [0.2, 0.25) is 0 Å². The van der Waals surface area contributed by atoms with Gasteiger partial charge in [0.15, 0.2) is 0 Å². The fourth-order valence-corrected chi connectivity index (χ4v) is 3.26. The molecular formula is C18H32O3S. The molecule has 0 aliphatic heterocycles. The van der Waals surface area contributed by atoms with Crippen LogP contribution in [0.1, 0.15) is 90.4 Å². The average Bonchev–Trinajstić information content (AvgIpc) is 2.56. The van der Waals surface area contributed by atoms with Crippen LogP contribution < -0.4 is 0 Å². The Balaban J connectivity index is 1.93. The maximum absolute atomic E-state index is 8.12. The lowest BCUT2D eigenvalue weighted by atomic mass is 9.98. The van der Waals surface area contributed by atoms with E-state index >= 15 is 0 Å². The molecule has 0 aromatic carbocycles. The van der Waals surface area contributed by atoms with E-state index in [4.69, 9.17) is 5.26 Å². The van der Waals surface area contributed by atoms with Crippen LogP contribution >= 0.6 is 12.0 Å². The molecule has 0 aromatic heterocycles. The lowest BCUT2D eigenvalue weighted by Gasteiger charge is -2.12. The molecule has 128 valence electrons. The smallest absolute Gasteiger partial charge is 0.0669 e. The van der Waals surface area contributed by atoms with Crippen molar-refractivity contribution in [3.8, 4) is 0 Å². The first kappa shape index (κ1) is 19.8. The highest BCUT2D eigenvalue weighted by Gasteiger charge is 2.08. The summed E-state index contributed by atoms with van der Waals surface area (Å²) in [6.07, 6.45) is 21.5. The van der Waals surface area contributed by atoms with Gasteiger partial charge in [-0.25, -0.2) is 5.26 Å². The van der Waals surface area contributed by atoms with Gasteiger partial charge in [0.05, 0.1) is 12.0 Å². The molecule has 0 saturated carbocycles. The highest BCUT2D eigenvalue weighted by Crippen LogP contribution is 2.30. The topological polar surface area (TPSA) is 38.7 Å². The van der Waals surface area contributed by atoms with E-state index in [1.54, 1.807) is 0 Å². The van der Waals surface area contributed by atoms with Crippen LogP contribution in [-0.2, 0) is 9.37 Å². The third-order valence-electron chi connectivity index (χ3n) is 4.22. The summed E-state index contributed by atoms with van der Waals surface area (Å²) in [4.78, 5) is 1.10. The third-order valence-corrected chi connectivity index (χ3v) is 4.90. The van der Waals surface area contributed by atoms with E-state index in [0.29, 0.717) is 0 Å². The summed E-state index contributed by atoms with van der Waals surface area (Å²) in [5.74, 6) is 0. The van der Waals surface area contributed by atoms with Crippen molar-refractivity contribution < 1.29 is 14.6 Å². The molecule has 1 aliphatic carbocycles. The van der Waals surface area contributed by atoms with Gasteiger partial charge in [-0.2, -0.15) is 0 Å². The second kappa shape index (κ2) is 14.3. The molecule has 0 heterocycles. The number of unbranched alkanes of at least 4 members (excludes halogenated alkanes) is 9. The van der Waals surface area contributed by atoms with Gasteiger partial charge >= 0.3 is 0 Å². The minimum Gasteiger partial charge on any atom is -0.220 e. The van der Waals surface area contributed by atoms with E-state index in [2.05, 4.69) is 28.4 Å². The summed E-state index contributed by atoms with van der Waals surface area (Å²) in [6, 6.07) is 0. The lowest BCUT2D eigenvalue weighted by Crippen LogP contribution is -1.93. The molecule has 0 bridgehead atoms. The first-order chi connectivity index (χ1) is 10.9. The molecule has 22 heavy (non-hydrogen) atoms. The lowest BCUT2D eigenvalue weighted by molar-refractivity contribution is -0.431. The van der Waals surface area contributed by atoms with Crippen LogP contribution in [0.4, 0.5) is 0 Å². The Morgan fingerprint density at radius 3 is 2.09 bits per heavy atom. The monoisotopic (exact) mass is 328 g/mol. The van der Waals surface area contributed by atoms with Gasteiger partial charge in [0.25, 0.3) is 0 Å². The molecule has 4 heteroatoms. The second-order valence-electron chi connectivity index (χ2n) is 6.12. The maximum atomic E-state index is 8.12. The SMILES string of the molecule is CCCCCCCCCCCCC1=CC=C(SOOO)CC1. The normalized spacial score (nSPS) is 14.8. The van der Waals surface area contributed by atoms with Crippen LogP contribution in [-0.4, -0.2) is 5.26 Å². The first-order valence-corrected chi connectivity index (χ1v) is 9.64. The Bertz CT molecular complexity index is 326. The fraction of sp³-hybridized carbons (Fsp3) is 0.778.